The molecule has 5 heteroatoms. The second-order valence-corrected chi connectivity index (χ2v) is 13.6. The molecular weight excluding hydrogens is 430 g/mol. The maximum atomic E-state index is 14.3. The van der Waals surface area contributed by atoms with Crippen molar-refractivity contribution >= 4 is 10.0 Å². The van der Waals surface area contributed by atoms with Crippen molar-refractivity contribution in [2.45, 2.75) is 69.7 Å². The first-order valence-corrected chi connectivity index (χ1v) is 14.0. The molecule has 4 rings (SSSR count). The Hall–Kier alpha value is -1.69. The summed E-state index contributed by atoms with van der Waals surface area (Å²) in [6.45, 7) is 8.58. The Morgan fingerprint density at radius 3 is 2.27 bits per heavy atom. The predicted molar refractivity (Wildman–Crippen MR) is 133 cm³/mol. The van der Waals surface area contributed by atoms with Crippen LogP contribution in [0.1, 0.15) is 64.0 Å². The van der Waals surface area contributed by atoms with E-state index in [2.05, 4.69) is 32.9 Å². The van der Waals surface area contributed by atoms with Gasteiger partial charge in [-0.05, 0) is 60.6 Å². The van der Waals surface area contributed by atoms with Crippen molar-refractivity contribution in [1.29, 1.82) is 0 Å². The van der Waals surface area contributed by atoms with Gasteiger partial charge in [0.15, 0.2) is 0 Å². The Morgan fingerprint density at radius 2 is 1.64 bits per heavy atom. The van der Waals surface area contributed by atoms with Crippen molar-refractivity contribution in [3.8, 4) is 0 Å². The molecule has 2 aromatic carbocycles. The normalized spacial score (nSPS) is 28.3. The van der Waals surface area contributed by atoms with Crippen LogP contribution in [0.15, 0.2) is 59.5 Å². The third-order valence-corrected chi connectivity index (χ3v) is 10.5. The molecule has 0 radical (unpaired) electrons. The second kappa shape index (κ2) is 9.52. The van der Waals surface area contributed by atoms with Gasteiger partial charge in [0, 0.05) is 24.5 Å². The number of quaternary nitrogens is 1. The van der Waals surface area contributed by atoms with Gasteiger partial charge in [-0.2, -0.15) is 8.42 Å². The van der Waals surface area contributed by atoms with Crippen molar-refractivity contribution in [1.82, 2.24) is 0 Å². The molecule has 4 atom stereocenters. The van der Waals surface area contributed by atoms with Crippen molar-refractivity contribution in [3.63, 3.8) is 0 Å². The van der Waals surface area contributed by atoms with Gasteiger partial charge in [-0.15, -0.1) is 0 Å². The van der Waals surface area contributed by atoms with Crippen LogP contribution >= 0.6 is 0 Å². The number of hydrogen-bond donors (Lipinski definition) is 1. The minimum atomic E-state index is -3.56. The summed E-state index contributed by atoms with van der Waals surface area (Å²) in [6, 6.07) is 17.7. The van der Waals surface area contributed by atoms with E-state index in [1.54, 1.807) is 0 Å². The number of hydrogen-bond acceptors (Lipinski definition) is 3. The lowest BCUT2D eigenvalue weighted by atomic mass is 9.70. The Bertz CT molecular complexity index is 1030. The molecule has 2 aromatic rings. The highest BCUT2D eigenvalue weighted by atomic mass is 32.2. The molecule has 1 heterocycles. The molecule has 3 unspecified atom stereocenters. The van der Waals surface area contributed by atoms with Crippen molar-refractivity contribution in [2.75, 3.05) is 19.7 Å². The maximum absolute atomic E-state index is 14.3. The molecule has 2 fully saturated rings. The van der Waals surface area contributed by atoms with E-state index in [-0.39, 0.29) is 15.9 Å². The van der Waals surface area contributed by atoms with Crippen LogP contribution in [-0.2, 0) is 22.0 Å². The van der Waals surface area contributed by atoms with Gasteiger partial charge in [-0.1, -0.05) is 63.2 Å². The average Bonchev–Trinajstić information content (AvgIpc) is 2.79. The van der Waals surface area contributed by atoms with Gasteiger partial charge >= 0.3 is 10.0 Å². The lowest BCUT2D eigenvalue weighted by Crippen LogP contribution is -2.59. The molecule has 0 amide bonds. The van der Waals surface area contributed by atoms with Crippen LogP contribution in [0.5, 0.6) is 0 Å². The predicted octanol–water partition coefficient (Wildman–Crippen LogP) is 5.51. The first-order valence-electron chi connectivity index (χ1n) is 12.5. The zero-order valence-electron chi connectivity index (χ0n) is 20.4. The molecule has 1 N–H and O–H groups in total. The molecule has 1 aliphatic heterocycles. The van der Waals surface area contributed by atoms with Crippen LogP contribution in [0.3, 0.4) is 0 Å². The summed E-state index contributed by atoms with van der Waals surface area (Å²) in [4.78, 5) is 0.443. The van der Waals surface area contributed by atoms with Crippen LogP contribution in [0.4, 0.5) is 0 Å². The summed E-state index contributed by atoms with van der Waals surface area (Å²) < 4.78 is 28.6. The number of piperidine rings is 1. The molecule has 1 saturated carbocycles. The van der Waals surface area contributed by atoms with Crippen LogP contribution < -0.4 is 0 Å². The third-order valence-electron chi connectivity index (χ3n) is 8.10. The Kier molecular flexibility index (Phi) is 7.05. The molecule has 2 aliphatic rings. The Labute approximate surface area is 200 Å². The van der Waals surface area contributed by atoms with Crippen LogP contribution in [-0.4, -0.2) is 37.1 Å². The number of aliphatic hydroxyl groups is 1. The first-order chi connectivity index (χ1) is 15.6. The Morgan fingerprint density at radius 1 is 0.939 bits per heavy atom. The van der Waals surface area contributed by atoms with Crippen molar-refractivity contribution in [2.24, 2.45) is 17.8 Å². The van der Waals surface area contributed by atoms with Crippen molar-refractivity contribution in [3.05, 3.63) is 65.7 Å². The van der Waals surface area contributed by atoms with E-state index in [4.69, 9.17) is 0 Å². The number of fused-ring (bicyclic) bond motifs is 1. The highest BCUT2D eigenvalue weighted by Gasteiger charge is 2.50. The van der Waals surface area contributed by atoms with E-state index in [0.29, 0.717) is 42.3 Å². The molecule has 1 aliphatic carbocycles. The van der Waals surface area contributed by atoms with E-state index in [1.165, 1.54) is 0 Å². The first kappa shape index (κ1) is 24.4. The Balaban J connectivity index is 1.67. The highest BCUT2D eigenvalue weighted by Crippen LogP contribution is 2.45. The number of likely N-dealkylation sites (tertiary alicyclic amines) is 1. The topological polar surface area (TPSA) is 54.4 Å². The number of sulfonamides is 1. The van der Waals surface area contributed by atoms with E-state index in [0.717, 1.165) is 43.2 Å². The minimum Gasteiger partial charge on any atom is -0.396 e. The van der Waals surface area contributed by atoms with Gasteiger partial charge in [0.05, 0.1) is 13.1 Å². The molecule has 4 nitrogen and oxygen atoms in total. The van der Waals surface area contributed by atoms with E-state index < -0.39 is 10.0 Å². The van der Waals surface area contributed by atoms with Crippen molar-refractivity contribution < 1.29 is 17.4 Å². The van der Waals surface area contributed by atoms with Gasteiger partial charge in [-0.25, -0.2) is 3.89 Å². The summed E-state index contributed by atoms with van der Waals surface area (Å²) in [7, 11) is -3.56. The number of aliphatic hydroxyl groups excluding tert-OH is 1. The zero-order chi connectivity index (χ0) is 23.7. The van der Waals surface area contributed by atoms with Gasteiger partial charge in [-0.3, -0.25) is 0 Å². The van der Waals surface area contributed by atoms with E-state index in [9.17, 15) is 13.5 Å². The van der Waals surface area contributed by atoms with E-state index >= 15 is 0 Å². The summed E-state index contributed by atoms with van der Waals surface area (Å²) >= 11 is 0. The molecule has 0 bridgehead atoms. The summed E-state index contributed by atoms with van der Waals surface area (Å²) in [5.41, 5.74) is 2.22. The van der Waals surface area contributed by atoms with Crippen LogP contribution in [0.25, 0.3) is 0 Å². The summed E-state index contributed by atoms with van der Waals surface area (Å²) in [5, 5.41) is 9.38. The molecule has 33 heavy (non-hydrogen) atoms. The average molecular weight is 471 g/mol. The molecule has 0 spiro atoms. The van der Waals surface area contributed by atoms with E-state index in [1.807, 2.05) is 42.5 Å². The summed E-state index contributed by atoms with van der Waals surface area (Å²) in [5.74, 6) is 1.60. The largest absolute Gasteiger partial charge is 0.396 e. The van der Waals surface area contributed by atoms with Gasteiger partial charge in [0.2, 0.25) is 0 Å². The number of benzene rings is 2. The summed E-state index contributed by atoms with van der Waals surface area (Å²) in [6.07, 6.45) is 5.14. The monoisotopic (exact) mass is 470 g/mol. The van der Waals surface area contributed by atoms with Gasteiger partial charge < -0.3 is 5.11 Å². The zero-order valence-corrected chi connectivity index (χ0v) is 21.2. The number of rotatable bonds is 6. The fourth-order valence-corrected chi connectivity index (χ4v) is 8.08. The standard InChI is InChI=1S/C28H40NO3S/c1-28(2,3)26-11-13-27(14-12-26)33(31,32)29(20-23-7-5-4-6-8-23)17-15-24-19-22(16-18-30)9-10-25(24)21-29/h4-8,11-14,22,24-25,30H,9-10,15-21H2,1-3H3/q+1/t22-,24?,25?,29?/m1/s1. The van der Waals surface area contributed by atoms with Crippen LogP contribution in [0.2, 0.25) is 0 Å². The van der Waals surface area contributed by atoms with Gasteiger partial charge in [0.25, 0.3) is 0 Å². The highest BCUT2D eigenvalue weighted by molar-refractivity contribution is 7.86. The number of nitrogens with zero attached hydrogens (tertiary/aromatic N) is 1. The maximum Gasteiger partial charge on any atom is 0.327 e. The third kappa shape index (κ3) is 5.06. The smallest absolute Gasteiger partial charge is 0.327 e. The van der Waals surface area contributed by atoms with Crippen LogP contribution in [0, 0.1) is 17.8 Å². The lowest BCUT2D eigenvalue weighted by Gasteiger charge is -2.48. The molecule has 0 aromatic heterocycles. The van der Waals surface area contributed by atoms with Gasteiger partial charge in [0.1, 0.15) is 11.4 Å². The second-order valence-electron chi connectivity index (χ2n) is 11.4. The lowest BCUT2D eigenvalue weighted by molar-refractivity contribution is -0.832. The fraction of sp³-hybridized carbons (Fsp3) is 0.571. The molecule has 1 saturated heterocycles. The SMILES string of the molecule is CC(C)(C)c1ccc(S(=O)(=O)[N+]2(Cc3ccccc3)CCC3C[C@@H](CCO)CCC3C2)cc1. The molecule has 180 valence electrons. The quantitative estimate of drug-likeness (QED) is 0.567. The molecular formula is C28H40NO3S+. The minimum absolute atomic E-state index is 0.00978. The fourth-order valence-electron chi connectivity index (χ4n) is 6.10.